The van der Waals surface area contributed by atoms with E-state index < -0.39 is 23.1 Å². The molecule has 0 saturated carbocycles. The number of alkyl halides is 3. The number of phenols is 1. The Hall–Kier alpha value is -3.82. The number of rotatable bonds is 6. The van der Waals surface area contributed by atoms with Crippen LogP contribution in [0, 0.1) is 13.8 Å². The molecule has 3 N–H and O–H groups in total. The molecule has 2 heterocycles. The summed E-state index contributed by atoms with van der Waals surface area (Å²) in [6.45, 7) is 7.99. The van der Waals surface area contributed by atoms with Gasteiger partial charge in [0.1, 0.15) is 50.8 Å². The van der Waals surface area contributed by atoms with Crippen molar-refractivity contribution in [2.75, 3.05) is 26.2 Å². The van der Waals surface area contributed by atoms with Crippen molar-refractivity contribution in [2.24, 2.45) is 0 Å². The molecule has 0 aliphatic carbocycles. The molecule has 0 amide bonds. The standard InChI is InChI=1S/C30H29F3N2O4/c1-19-14-20(2)16-22(15-19)38-28-26(37)23-8-9-25(36)24(27(23)39-29(28)30(31,32)33)18-35-12-10-34(11-13-35)17-21-6-4-3-5-7-21/h3-9,14-16,36H,10-13,17-18H2,1-2H3/p+2. The average molecular weight is 541 g/mol. The number of piperazine rings is 1. The molecule has 39 heavy (non-hydrogen) atoms. The number of hydrogen-bond donors (Lipinski definition) is 3. The molecule has 5 rings (SSSR count). The summed E-state index contributed by atoms with van der Waals surface area (Å²) >= 11 is 0. The first kappa shape index (κ1) is 26.8. The van der Waals surface area contributed by atoms with Gasteiger partial charge in [-0.2, -0.15) is 13.2 Å². The molecular weight excluding hydrogens is 509 g/mol. The molecule has 0 atom stereocenters. The summed E-state index contributed by atoms with van der Waals surface area (Å²) in [5, 5.41) is 10.6. The van der Waals surface area contributed by atoms with E-state index >= 15 is 0 Å². The van der Waals surface area contributed by atoms with Crippen LogP contribution in [0.15, 0.2) is 69.9 Å². The monoisotopic (exact) mass is 540 g/mol. The Morgan fingerprint density at radius 3 is 2.13 bits per heavy atom. The number of fused-ring (bicyclic) bond motifs is 1. The topological polar surface area (TPSA) is 68.6 Å². The van der Waals surface area contributed by atoms with Crippen molar-refractivity contribution in [2.45, 2.75) is 33.1 Å². The molecule has 1 aliphatic heterocycles. The van der Waals surface area contributed by atoms with Crippen LogP contribution in [0.3, 0.4) is 0 Å². The molecule has 1 saturated heterocycles. The minimum atomic E-state index is -4.98. The number of halogens is 3. The maximum Gasteiger partial charge on any atom is 0.453 e. The van der Waals surface area contributed by atoms with Crippen molar-refractivity contribution in [1.29, 1.82) is 0 Å². The Labute approximate surface area is 223 Å². The number of quaternary nitrogens is 2. The number of phenolic OH excluding ortho intramolecular Hbond substituents is 1. The smallest absolute Gasteiger partial charge is 0.453 e. The first-order valence-corrected chi connectivity index (χ1v) is 12.9. The molecule has 1 aliphatic rings. The molecule has 204 valence electrons. The molecule has 9 heteroatoms. The van der Waals surface area contributed by atoms with Crippen molar-refractivity contribution < 1.29 is 37.2 Å². The lowest BCUT2D eigenvalue weighted by atomic mass is 10.1. The van der Waals surface area contributed by atoms with Crippen LogP contribution >= 0.6 is 0 Å². The predicted molar refractivity (Wildman–Crippen MR) is 140 cm³/mol. The van der Waals surface area contributed by atoms with E-state index in [1.165, 1.54) is 22.6 Å². The van der Waals surface area contributed by atoms with Gasteiger partial charge in [-0.1, -0.05) is 36.4 Å². The Balaban J connectivity index is 1.45. The molecule has 0 radical (unpaired) electrons. The Morgan fingerprint density at radius 1 is 0.897 bits per heavy atom. The van der Waals surface area contributed by atoms with E-state index in [9.17, 15) is 23.1 Å². The van der Waals surface area contributed by atoms with Gasteiger partial charge < -0.3 is 24.1 Å². The van der Waals surface area contributed by atoms with Crippen LogP contribution in [0.1, 0.15) is 28.0 Å². The number of nitrogens with one attached hydrogen (secondary N) is 2. The first-order chi connectivity index (χ1) is 18.6. The molecule has 1 fully saturated rings. The SMILES string of the molecule is Cc1cc(C)cc(Oc2c(C(F)(F)F)oc3c(C[NH+]4CC[NH+](Cc5ccccc5)CC4)c(O)ccc3c2=O)c1. The van der Waals surface area contributed by atoms with Gasteiger partial charge in [0.05, 0.1) is 10.9 Å². The molecular formula is C30H31F3N2O4+2. The molecule has 0 unspecified atom stereocenters. The van der Waals surface area contributed by atoms with E-state index in [1.54, 1.807) is 26.0 Å². The summed E-state index contributed by atoms with van der Waals surface area (Å²) in [7, 11) is 0. The van der Waals surface area contributed by atoms with Crippen LogP contribution in [0.4, 0.5) is 13.2 Å². The molecule has 0 spiro atoms. The fourth-order valence-corrected chi connectivity index (χ4v) is 5.29. The van der Waals surface area contributed by atoms with Crippen LogP contribution in [0.25, 0.3) is 11.0 Å². The summed E-state index contributed by atoms with van der Waals surface area (Å²) in [6.07, 6.45) is -4.98. The number of aryl methyl sites for hydroxylation is 2. The largest absolute Gasteiger partial charge is 0.507 e. The first-order valence-electron chi connectivity index (χ1n) is 12.9. The van der Waals surface area contributed by atoms with Gasteiger partial charge >= 0.3 is 6.18 Å². The third-order valence-corrected chi connectivity index (χ3v) is 7.16. The van der Waals surface area contributed by atoms with Gasteiger partial charge in [-0.05, 0) is 49.2 Å². The third-order valence-electron chi connectivity index (χ3n) is 7.16. The van der Waals surface area contributed by atoms with Gasteiger partial charge in [-0.3, -0.25) is 4.79 Å². The Bertz CT molecular complexity index is 1520. The second-order valence-electron chi connectivity index (χ2n) is 10.3. The second kappa shape index (κ2) is 10.7. The summed E-state index contributed by atoms with van der Waals surface area (Å²) in [5.74, 6) is -2.52. The zero-order valence-electron chi connectivity index (χ0n) is 21.8. The zero-order chi connectivity index (χ0) is 27.7. The summed E-state index contributed by atoms with van der Waals surface area (Å²) in [4.78, 5) is 15.9. The third kappa shape index (κ3) is 5.94. The van der Waals surface area contributed by atoms with E-state index in [-0.39, 0.29) is 34.6 Å². The number of benzene rings is 3. The summed E-state index contributed by atoms with van der Waals surface area (Å²) in [6, 6.07) is 17.8. The highest BCUT2D eigenvalue weighted by Crippen LogP contribution is 2.40. The van der Waals surface area contributed by atoms with Crippen LogP contribution in [0.5, 0.6) is 17.2 Å². The van der Waals surface area contributed by atoms with E-state index in [4.69, 9.17) is 9.15 Å². The average Bonchev–Trinajstić information content (AvgIpc) is 2.87. The van der Waals surface area contributed by atoms with Crippen molar-refractivity contribution in [3.63, 3.8) is 0 Å². The van der Waals surface area contributed by atoms with Crippen LogP contribution < -0.4 is 20.0 Å². The van der Waals surface area contributed by atoms with E-state index in [0.717, 1.165) is 48.8 Å². The van der Waals surface area contributed by atoms with Gasteiger partial charge in [-0.25, -0.2) is 0 Å². The lowest BCUT2D eigenvalue weighted by Crippen LogP contribution is -3.27. The lowest BCUT2D eigenvalue weighted by molar-refractivity contribution is -1.02. The fraction of sp³-hybridized carbons (Fsp3) is 0.300. The van der Waals surface area contributed by atoms with Gasteiger partial charge in [-0.15, -0.1) is 0 Å². The molecule has 1 aromatic heterocycles. The van der Waals surface area contributed by atoms with Crippen molar-refractivity contribution in [3.05, 3.63) is 98.9 Å². The van der Waals surface area contributed by atoms with Crippen molar-refractivity contribution in [1.82, 2.24) is 0 Å². The van der Waals surface area contributed by atoms with Gasteiger partial charge in [0.2, 0.25) is 11.2 Å². The normalized spacial score (nSPS) is 17.9. The van der Waals surface area contributed by atoms with E-state index in [1.807, 2.05) is 24.3 Å². The van der Waals surface area contributed by atoms with E-state index in [2.05, 4.69) is 12.1 Å². The van der Waals surface area contributed by atoms with Crippen LogP contribution in [0.2, 0.25) is 0 Å². The minimum Gasteiger partial charge on any atom is -0.507 e. The van der Waals surface area contributed by atoms with E-state index in [0.29, 0.717) is 0 Å². The fourth-order valence-electron chi connectivity index (χ4n) is 5.29. The highest BCUT2D eigenvalue weighted by atomic mass is 19.4. The molecule has 3 aromatic carbocycles. The number of hydrogen-bond acceptors (Lipinski definition) is 4. The zero-order valence-corrected chi connectivity index (χ0v) is 21.8. The predicted octanol–water partition coefficient (Wildman–Crippen LogP) is 3.41. The highest BCUT2D eigenvalue weighted by molar-refractivity contribution is 5.83. The molecule has 4 aromatic rings. The van der Waals surface area contributed by atoms with Gasteiger partial charge in [0.15, 0.2) is 5.58 Å². The maximum absolute atomic E-state index is 14.1. The number of ether oxygens (including phenoxy) is 1. The molecule has 6 nitrogen and oxygen atoms in total. The van der Waals surface area contributed by atoms with Crippen LogP contribution in [-0.2, 0) is 19.3 Å². The Morgan fingerprint density at radius 2 is 1.51 bits per heavy atom. The lowest BCUT2D eigenvalue weighted by Gasteiger charge is -2.30. The molecule has 0 bridgehead atoms. The Kier molecular flexibility index (Phi) is 7.38. The van der Waals surface area contributed by atoms with Crippen molar-refractivity contribution >= 4 is 11.0 Å². The highest BCUT2D eigenvalue weighted by Gasteiger charge is 2.41. The second-order valence-corrected chi connectivity index (χ2v) is 10.3. The van der Waals surface area contributed by atoms with Crippen molar-refractivity contribution in [3.8, 4) is 17.2 Å². The maximum atomic E-state index is 14.1. The minimum absolute atomic E-state index is 0.0667. The summed E-state index contributed by atoms with van der Waals surface area (Å²) in [5.41, 5.74) is 1.81. The summed E-state index contributed by atoms with van der Waals surface area (Å²) < 4.78 is 53.4. The number of aromatic hydroxyl groups is 1. The quantitative estimate of drug-likeness (QED) is 0.351. The van der Waals surface area contributed by atoms with Crippen LogP contribution in [-0.4, -0.2) is 31.3 Å². The van der Waals surface area contributed by atoms with Gasteiger partial charge in [0, 0.05) is 5.56 Å². The van der Waals surface area contributed by atoms with Gasteiger partial charge in [0.25, 0.3) is 5.76 Å².